The van der Waals surface area contributed by atoms with Gasteiger partial charge in [0.25, 0.3) is 0 Å². The van der Waals surface area contributed by atoms with Crippen LogP contribution in [0.15, 0.2) is 17.0 Å². The highest BCUT2D eigenvalue weighted by atomic mass is 32.2. The fraction of sp³-hybridized carbons (Fsp3) is 0.222. The molecule has 1 aromatic rings. The molecule has 1 amide bonds. The summed E-state index contributed by atoms with van der Waals surface area (Å²) in [7, 11) is 0. The number of fused-ring (bicyclic) bond motifs is 1. The van der Waals surface area contributed by atoms with Gasteiger partial charge in [0.2, 0.25) is 11.7 Å². The Morgan fingerprint density at radius 2 is 2.25 bits per heavy atom. The molecule has 0 saturated heterocycles. The van der Waals surface area contributed by atoms with Crippen LogP contribution in [0, 0.1) is 15.9 Å². The van der Waals surface area contributed by atoms with Crippen molar-refractivity contribution in [1.29, 1.82) is 0 Å². The summed E-state index contributed by atoms with van der Waals surface area (Å²) < 4.78 is 13.3. The van der Waals surface area contributed by atoms with Crippen molar-refractivity contribution in [2.45, 2.75) is 11.3 Å². The molecule has 0 aromatic heterocycles. The van der Waals surface area contributed by atoms with Gasteiger partial charge in [-0.15, -0.1) is 11.8 Å². The molecule has 0 radical (unpaired) electrons. The van der Waals surface area contributed by atoms with E-state index in [1.165, 1.54) is 11.8 Å². The number of hydrogen-bond acceptors (Lipinski definition) is 4. The molecule has 16 heavy (non-hydrogen) atoms. The number of amides is 1. The largest absolute Gasteiger partial charge is 0.325 e. The third-order valence-corrected chi connectivity index (χ3v) is 3.16. The van der Waals surface area contributed by atoms with Crippen LogP contribution >= 0.6 is 11.8 Å². The number of thioether (sulfide) groups is 1. The Balaban J connectivity index is 2.50. The Kier molecular flexibility index (Phi) is 2.78. The molecular formula is C9H7FN2O3S. The number of nitro benzene ring substituents is 1. The number of benzene rings is 1. The van der Waals surface area contributed by atoms with Crippen LogP contribution < -0.4 is 5.32 Å². The summed E-state index contributed by atoms with van der Waals surface area (Å²) in [5, 5.41) is 13.0. The highest BCUT2D eigenvalue weighted by Crippen LogP contribution is 2.35. The second-order valence-corrected chi connectivity index (χ2v) is 4.34. The van der Waals surface area contributed by atoms with Crippen molar-refractivity contribution in [3.8, 4) is 0 Å². The number of carbonyl (C=O) groups is 1. The predicted molar refractivity (Wildman–Crippen MR) is 57.0 cm³/mol. The molecule has 0 unspecified atom stereocenters. The van der Waals surface area contributed by atoms with Crippen LogP contribution in [0.4, 0.5) is 15.8 Å². The summed E-state index contributed by atoms with van der Waals surface area (Å²) in [6.45, 7) is 0. The summed E-state index contributed by atoms with van der Waals surface area (Å²) in [5.41, 5.74) is -0.317. The highest BCUT2D eigenvalue weighted by Gasteiger charge is 2.21. The molecule has 0 bridgehead atoms. The maximum atomic E-state index is 13.3. The number of carbonyl (C=O) groups excluding carboxylic acids is 1. The van der Waals surface area contributed by atoms with E-state index in [4.69, 9.17) is 0 Å². The maximum Gasteiger partial charge on any atom is 0.306 e. The Labute approximate surface area is 94.2 Å². The number of nitrogens with one attached hydrogen (secondary N) is 1. The van der Waals surface area contributed by atoms with Gasteiger partial charge in [0.05, 0.1) is 10.6 Å². The van der Waals surface area contributed by atoms with Crippen molar-refractivity contribution in [2.24, 2.45) is 0 Å². The molecule has 2 rings (SSSR count). The zero-order chi connectivity index (χ0) is 11.7. The minimum absolute atomic E-state index is 0.216. The molecule has 1 aliphatic heterocycles. The standard InChI is InChI=1S/C9H7FN2O3S/c10-5-3-8-6(4-7(5)12(14)15)11-9(13)1-2-16-8/h3-4H,1-2H2,(H,11,13). The van der Waals surface area contributed by atoms with Crippen LogP contribution in [-0.2, 0) is 4.79 Å². The number of hydrogen-bond donors (Lipinski definition) is 1. The average Bonchev–Trinajstić information content (AvgIpc) is 2.37. The molecule has 1 aliphatic rings. The van der Waals surface area contributed by atoms with Gasteiger partial charge in [0.15, 0.2) is 0 Å². The van der Waals surface area contributed by atoms with Crippen LogP contribution in [-0.4, -0.2) is 16.6 Å². The molecule has 1 N–H and O–H groups in total. The number of anilines is 1. The smallest absolute Gasteiger partial charge is 0.306 e. The first-order chi connectivity index (χ1) is 7.58. The van der Waals surface area contributed by atoms with Gasteiger partial charge in [-0.2, -0.15) is 4.39 Å². The molecule has 1 heterocycles. The topological polar surface area (TPSA) is 72.2 Å². The van der Waals surface area contributed by atoms with Crippen molar-refractivity contribution in [2.75, 3.05) is 11.1 Å². The molecule has 1 aromatic carbocycles. The zero-order valence-electron chi connectivity index (χ0n) is 8.03. The summed E-state index contributed by atoms with van der Waals surface area (Å²) in [6.07, 6.45) is 0.314. The fourth-order valence-electron chi connectivity index (χ4n) is 1.37. The second-order valence-electron chi connectivity index (χ2n) is 3.20. The molecule has 5 nitrogen and oxygen atoms in total. The third kappa shape index (κ3) is 1.99. The van der Waals surface area contributed by atoms with Crippen molar-refractivity contribution in [3.05, 3.63) is 28.1 Å². The fourth-order valence-corrected chi connectivity index (χ4v) is 2.33. The van der Waals surface area contributed by atoms with Crippen molar-refractivity contribution >= 4 is 29.0 Å². The lowest BCUT2D eigenvalue weighted by Gasteiger charge is -2.05. The average molecular weight is 242 g/mol. The van der Waals surface area contributed by atoms with Gasteiger partial charge in [0.1, 0.15) is 0 Å². The van der Waals surface area contributed by atoms with Crippen LogP contribution in [0.5, 0.6) is 0 Å². The van der Waals surface area contributed by atoms with Crippen LogP contribution in [0.25, 0.3) is 0 Å². The van der Waals surface area contributed by atoms with Gasteiger partial charge >= 0.3 is 5.69 Å². The van der Waals surface area contributed by atoms with Gasteiger partial charge in [0, 0.05) is 23.1 Å². The summed E-state index contributed by atoms with van der Waals surface area (Å²) >= 11 is 1.30. The van der Waals surface area contributed by atoms with Crippen molar-refractivity contribution in [1.82, 2.24) is 0 Å². The summed E-state index contributed by atoms with van der Waals surface area (Å²) in [5.74, 6) is -0.560. The minimum Gasteiger partial charge on any atom is -0.325 e. The Hall–Kier alpha value is -1.63. The van der Waals surface area contributed by atoms with Crippen molar-refractivity contribution in [3.63, 3.8) is 0 Å². The van der Waals surface area contributed by atoms with E-state index in [1.54, 1.807) is 0 Å². The van der Waals surface area contributed by atoms with E-state index in [9.17, 15) is 19.3 Å². The molecule has 0 fully saturated rings. The molecule has 0 aliphatic carbocycles. The van der Waals surface area contributed by atoms with Gasteiger partial charge in [-0.1, -0.05) is 0 Å². The maximum absolute atomic E-state index is 13.3. The normalized spacial score (nSPS) is 14.9. The van der Waals surface area contributed by atoms with Gasteiger partial charge in [-0.05, 0) is 6.07 Å². The Morgan fingerprint density at radius 3 is 2.94 bits per heavy atom. The van der Waals surface area contributed by atoms with E-state index < -0.39 is 16.4 Å². The van der Waals surface area contributed by atoms with Gasteiger partial charge < -0.3 is 5.32 Å². The second kappa shape index (κ2) is 4.09. The zero-order valence-corrected chi connectivity index (χ0v) is 8.84. The van der Waals surface area contributed by atoms with Crippen molar-refractivity contribution < 1.29 is 14.1 Å². The van der Waals surface area contributed by atoms with E-state index >= 15 is 0 Å². The van der Waals surface area contributed by atoms with Crippen LogP contribution in [0.3, 0.4) is 0 Å². The first-order valence-electron chi connectivity index (χ1n) is 4.48. The lowest BCUT2D eigenvalue weighted by molar-refractivity contribution is -0.387. The minimum atomic E-state index is -0.882. The van der Waals surface area contributed by atoms with Gasteiger partial charge in [-0.25, -0.2) is 0 Å². The van der Waals surface area contributed by atoms with E-state index in [-0.39, 0.29) is 5.91 Å². The highest BCUT2D eigenvalue weighted by molar-refractivity contribution is 7.99. The number of halogens is 1. The van der Waals surface area contributed by atoms with E-state index in [1.807, 2.05) is 0 Å². The Bertz CT molecular complexity index is 478. The monoisotopic (exact) mass is 242 g/mol. The lowest BCUT2D eigenvalue weighted by atomic mass is 10.2. The number of rotatable bonds is 1. The van der Waals surface area contributed by atoms with Crippen LogP contribution in [0.1, 0.15) is 6.42 Å². The molecule has 0 atom stereocenters. The van der Waals surface area contributed by atoms with Gasteiger partial charge in [-0.3, -0.25) is 14.9 Å². The summed E-state index contributed by atoms with van der Waals surface area (Å²) in [4.78, 5) is 21.5. The molecular weight excluding hydrogens is 235 g/mol. The van der Waals surface area contributed by atoms with Crippen LogP contribution in [0.2, 0.25) is 0 Å². The summed E-state index contributed by atoms with van der Waals surface area (Å²) in [6, 6.07) is 2.14. The predicted octanol–water partition coefficient (Wildman–Crippen LogP) is 2.17. The molecule has 7 heteroatoms. The SMILES string of the molecule is O=C1CCSc2cc(F)c([N+](=O)[O-])cc2N1. The number of nitrogens with zero attached hydrogens (tertiary/aromatic N) is 1. The number of nitro groups is 1. The van der Waals surface area contributed by atoms with E-state index in [0.29, 0.717) is 22.8 Å². The van der Waals surface area contributed by atoms with E-state index in [2.05, 4.69) is 5.32 Å². The molecule has 84 valence electrons. The third-order valence-electron chi connectivity index (χ3n) is 2.11. The van der Waals surface area contributed by atoms with E-state index in [0.717, 1.165) is 12.1 Å². The lowest BCUT2D eigenvalue weighted by Crippen LogP contribution is -2.10. The first kappa shape index (κ1) is 10.9. The quantitative estimate of drug-likeness (QED) is 0.605. The molecule has 0 saturated carbocycles. The Morgan fingerprint density at radius 1 is 1.50 bits per heavy atom. The first-order valence-corrected chi connectivity index (χ1v) is 5.47. The molecule has 0 spiro atoms.